The molecule has 0 aromatic heterocycles. The Kier molecular flexibility index (Phi) is 3.99. The second-order valence-corrected chi connectivity index (χ2v) is 4.42. The molecular weight excluding hydrogens is 253 g/mol. The van der Waals surface area contributed by atoms with E-state index < -0.39 is 12.1 Å². The molecule has 1 N–H and O–H groups in total. The van der Waals surface area contributed by atoms with Crippen molar-refractivity contribution in [2.75, 3.05) is 6.61 Å². The number of carbonyl (C=O) groups is 2. The van der Waals surface area contributed by atoms with Gasteiger partial charge in [-0.25, -0.2) is 9.18 Å². The zero-order chi connectivity index (χ0) is 13.8. The molecule has 1 aliphatic rings. The van der Waals surface area contributed by atoms with Crippen molar-refractivity contribution < 1.29 is 23.8 Å². The molecule has 1 amide bonds. The zero-order valence-electron chi connectivity index (χ0n) is 10.2. The molecule has 1 fully saturated rings. The van der Waals surface area contributed by atoms with Gasteiger partial charge in [0, 0.05) is 13.0 Å². The Hall–Kier alpha value is -2.11. The Bertz CT molecular complexity index is 491. The Morgan fingerprint density at radius 3 is 3.00 bits per heavy atom. The van der Waals surface area contributed by atoms with Gasteiger partial charge in [-0.2, -0.15) is 0 Å². The molecule has 1 unspecified atom stereocenters. The monoisotopic (exact) mass is 267 g/mol. The minimum Gasteiger partial charge on any atom is -0.481 e. The van der Waals surface area contributed by atoms with Crippen LogP contribution < -0.4 is 0 Å². The highest BCUT2D eigenvalue weighted by atomic mass is 19.1. The van der Waals surface area contributed by atoms with Crippen LogP contribution >= 0.6 is 0 Å². The minimum absolute atomic E-state index is 0.0268. The van der Waals surface area contributed by atoms with Crippen molar-refractivity contribution in [2.24, 2.45) is 0 Å². The molecule has 1 aliphatic heterocycles. The third-order valence-electron chi connectivity index (χ3n) is 3.01. The van der Waals surface area contributed by atoms with Crippen LogP contribution in [0, 0.1) is 5.82 Å². The highest BCUT2D eigenvalue weighted by molar-refractivity contribution is 5.71. The average molecular weight is 267 g/mol. The number of cyclic esters (lactones) is 1. The first-order valence-corrected chi connectivity index (χ1v) is 5.96. The van der Waals surface area contributed by atoms with Gasteiger partial charge in [-0.05, 0) is 24.1 Å². The zero-order valence-corrected chi connectivity index (χ0v) is 10.2. The number of carboxylic acids is 1. The number of hydrogen-bond donors (Lipinski definition) is 1. The van der Waals surface area contributed by atoms with Gasteiger partial charge in [0.05, 0.1) is 6.04 Å². The number of carbonyl (C=O) groups excluding carboxylic acids is 1. The van der Waals surface area contributed by atoms with Crippen LogP contribution in [0.1, 0.15) is 18.4 Å². The molecule has 19 heavy (non-hydrogen) atoms. The molecule has 0 radical (unpaired) electrons. The maximum atomic E-state index is 13.1. The summed E-state index contributed by atoms with van der Waals surface area (Å²) in [4.78, 5) is 23.6. The Balaban J connectivity index is 2.03. The van der Waals surface area contributed by atoms with Gasteiger partial charge >= 0.3 is 12.1 Å². The van der Waals surface area contributed by atoms with Gasteiger partial charge in [0.2, 0.25) is 0 Å². The second kappa shape index (κ2) is 5.69. The van der Waals surface area contributed by atoms with Gasteiger partial charge in [-0.15, -0.1) is 0 Å². The minimum atomic E-state index is -0.912. The van der Waals surface area contributed by atoms with Crippen LogP contribution in [0.5, 0.6) is 0 Å². The molecule has 0 bridgehead atoms. The number of hydrogen-bond acceptors (Lipinski definition) is 3. The number of aliphatic carboxylic acids is 1. The molecular formula is C13H14FNO4. The summed E-state index contributed by atoms with van der Waals surface area (Å²) in [5, 5.41) is 8.66. The molecule has 0 aliphatic carbocycles. The van der Waals surface area contributed by atoms with Crippen molar-refractivity contribution >= 4 is 12.1 Å². The SMILES string of the molecule is O=C(O)CCC1COC(=O)N1Cc1cccc(F)c1. The van der Waals surface area contributed by atoms with E-state index in [4.69, 9.17) is 9.84 Å². The summed E-state index contributed by atoms with van der Waals surface area (Å²) in [6.07, 6.45) is -0.184. The van der Waals surface area contributed by atoms with E-state index >= 15 is 0 Å². The molecule has 5 nitrogen and oxygen atoms in total. The van der Waals surface area contributed by atoms with Gasteiger partial charge in [0.15, 0.2) is 0 Å². The molecule has 1 atom stereocenters. The molecule has 1 aromatic rings. The number of halogens is 1. The number of carboxylic acid groups (broad SMARTS) is 1. The maximum Gasteiger partial charge on any atom is 0.410 e. The van der Waals surface area contributed by atoms with E-state index in [9.17, 15) is 14.0 Å². The van der Waals surface area contributed by atoms with Crippen LogP contribution in [-0.2, 0) is 16.1 Å². The predicted octanol–water partition coefficient (Wildman–Crippen LogP) is 2.01. The highest BCUT2D eigenvalue weighted by Crippen LogP contribution is 2.20. The topological polar surface area (TPSA) is 66.8 Å². The Morgan fingerprint density at radius 2 is 2.32 bits per heavy atom. The van der Waals surface area contributed by atoms with E-state index in [-0.39, 0.29) is 31.4 Å². The number of amides is 1. The van der Waals surface area contributed by atoms with Gasteiger partial charge in [-0.1, -0.05) is 12.1 Å². The first-order valence-electron chi connectivity index (χ1n) is 5.96. The van der Waals surface area contributed by atoms with Gasteiger partial charge in [-0.3, -0.25) is 9.69 Å². The lowest BCUT2D eigenvalue weighted by atomic mass is 10.1. The standard InChI is InChI=1S/C13H14FNO4/c14-10-3-1-2-9(6-10)7-15-11(4-5-12(16)17)8-19-13(15)18/h1-3,6,11H,4-5,7-8H2,(H,16,17). The predicted molar refractivity (Wildman–Crippen MR) is 63.9 cm³/mol. The second-order valence-electron chi connectivity index (χ2n) is 4.42. The van der Waals surface area contributed by atoms with E-state index in [1.54, 1.807) is 12.1 Å². The third-order valence-corrected chi connectivity index (χ3v) is 3.01. The van der Waals surface area contributed by atoms with Crippen LogP contribution in [0.3, 0.4) is 0 Å². The molecule has 1 saturated heterocycles. The maximum absolute atomic E-state index is 13.1. The normalized spacial score (nSPS) is 18.5. The molecule has 102 valence electrons. The van der Waals surface area contributed by atoms with E-state index in [2.05, 4.69) is 0 Å². The molecule has 0 spiro atoms. The van der Waals surface area contributed by atoms with Crippen LogP contribution in [0.15, 0.2) is 24.3 Å². The van der Waals surface area contributed by atoms with Crippen molar-refractivity contribution in [3.05, 3.63) is 35.6 Å². The average Bonchev–Trinajstić information content (AvgIpc) is 2.68. The van der Waals surface area contributed by atoms with Gasteiger partial charge in [0.1, 0.15) is 12.4 Å². The Labute approximate surface area is 109 Å². The number of ether oxygens (including phenoxy) is 1. The van der Waals surface area contributed by atoms with Crippen LogP contribution in [0.25, 0.3) is 0 Å². The fraction of sp³-hybridized carbons (Fsp3) is 0.385. The van der Waals surface area contributed by atoms with E-state index in [0.717, 1.165) is 0 Å². The lowest BCUT2D eigenvalue weighted by Crippen LogP contribution is -2.33. The highest BCUT2D eigenvalue weighted by Gasteiger charge is 2.32. The number of rotatable bonds is 5. The fourth-order valence-electron chi connectivity index (χ4n) is 2.04. The van der Waals surface area contributed by atoms with Crippen molar-refractivity contribution in [3.63, 3.8) is 0 Å². The number of benzene rings is 1. The lowest BCUT2D eigenvalue weighted by molar-refractivity contribution is -0.137. The summed E-state index contributed by atoms with van der Waals surface area (Å²) in [7, 11) is 0. The molecule has 1 aromatic carbocycles. The molecule has 0 saturated carbocycles. The van der Waals surface area contributed by atoms with Crippen LogP contribution in [0.2, 0.25) is 0 Å². The summed E-state index contributed by atoms with van der Waals surface area (Å²) in [5.74, 6) is -1.28. The first kappa shape index (κ1) is 13.3. The summed E-state index contributed by atoms with van der Waals surface area (Å²) in [6, 6.07) is 5.68. The molecule has 1 heterocycles. The van der Waals surface area contributed by atoms with E-state index in [1.165, 1.54) is 17.0 Å². The van der Waals surface area contributed by atoms with Crippen LogP contribution in [0.4, 0.5) is 9.18 Å². The van der Waals surface area contributed by atoms with Crippen molar-refractivity contribution in [2.45, 2.75) is 25.4 Å². The van der Waals surface area contributed by atoms with E-state index in [0.29, 0.717) is 12.0 Å². The largest absolute Gasteiger partial charge is 0.481 e. The first-order chi connectivity index (χ1) is 9.06. The summed E-state index contributed by atoms with van der Waals surface area (Å²) < 4.78 is 18.0. The Morgan fingerprint density at radius 1 is 1.53 bits per heavy atom. The summed E-state index contributed by atoms with van der Waals surface area (Å²) in [5.41, 5.74) is 0.652. The smallest absolute Gasteiger partial charge is 0.410 e. The fourth-order valence-corrected chi connectivity index (χ4v) is 2.04. The molecule has 2 rings (SSSR count). The summed E-state index contributed by atoms with van der Waals surface area (Å²) in [6.45, 7) is 0.405. The number of nitrogens with zero attached hydrogens (tertiary/aromatic N) is 1. The lowest BCUT2D eigenvalue weighted by Gasteiger charge is -2.20. The molecule has 6 heteroatoms. The van der Waals surface area contributed by atoms with E-state index in [1.807, 2.05) is 0 Å². The van der Waals surface area contributed by atoms with Crippen LogP contribution in [-0.4, -0.2) is 34.7 Å². The summed E-state index contributed by atoms with van der Waals surface area (Å²) >= 11 is 0. The van der Waals surface area contributed by atoms with Crippen molar-refractivity contribution in [1.29, 1.82) is 0 Å². The quantitative estimate of drug-likeness (QED) is 0.886. The van der Waals surface area contributed by atoms with Gasteiger partial charge < -0.3 is 9.84 Å². The third kappa shape index (κ3) is 3.43. The van der Waals surface area contributed by atoms with Gasteiger partial charge in [0.25, 0.3) is 0 Å². The van der Waals surface area contributed by atoms with Crippen molar-refractivity contribution in [3.8, 4) is 0 Å². The van der Waals surface area contributed by atoms with Crippen molar-refractivity contribution in [1.82, 2.24) is 4.90 Å².